The molecule has 2 aliphatic heterocycles. The molecule has 2 aliphatic rings. The number of hydrogen-bond donors (Lipinski definition) is 1. The molecule has 2 fully saturated rings. The van der Waals surface area contributed by atoms with Gasteiger partial charge in [0.2, 0.25) is 11.9 Å². The number of nitrogens with one attached hydrogen (secondary N) is 1. The largest absolute Gasteiger partial charge is 0.370 e. The van der Waals surface area contributed by atoms with Gasteiger partial charge in [-0.1, -0.05) is 24.8 Å². The number of amides is 1. The van der Waals surface area contributed by atoms with Crippen molar-refractivity contribution in [2.75, 3.05) is 63.1 Å². The zero-order chi connectivity index (χ0) is 23.5. The normalized spacial score (nSPS) is 19.3. The summed E-state index contributed by atoms with van der Waals surface area (Å²) in [6.45, 7) is 9.14. The van der Waals surface area contributed by atoms with Gasteiger partial charge in [0.1, 0.15) is 11.9 Å². The summed E-state index contributed by atoms with van der Waals surface area (Å²) in [5, 5.41) is 4.19. The van der Waals surface area contributed by atoms with Gasteiger partial charge in [-0.15, -0.1) is 0 Å². The van der Waals surface area contributed by atoms with Gasteiger partial charge in [-0.05, 0) is 25.3 Å². The van der Waals surface area contributed by atoms with E-state index in [0.717, 1.165) is 54.2 Å². The van der Waals surface area contributed by atoms with Crippen LogP contribution < -0.4 is 10.2 Å². The van der Waals surface area contributed by atoms with Crippen LogP contribution in [-0.4, -0.2) is 83.6 Å². The fraction of sp³-hybridized carbons (Fsp3) is 0.360. The van der Waals surface area contributed by atoms with Crippen molar-refractivity contribution >= 4 is 34.3 Å². The number of para-hydroxylation sites is 1. The Hall–Kier alpha value is -3.56. The molecule has 2 saturated heterocycles. The number of carbonyl (C=O) groups is 1. The SMILES string of the molecule is C=CC(=O)N1CCOC(c2cccc3cnc(Nc4ccc(N5CCN(C)CC5)nc4)nc23)C1. The molecular weight excluding hydrogens is 430 g/mol. The summed E-state index contributed by atoms with van der Waals surface area (Å²) in [5.41, 5.74) is 2.57. The first-order valence-corrected chi connectivity index (χ1v) is 11.6. The Morgan fingerprint density at radius 2 is 1.97 bits per heavy atom. The number of aromatic nitrogens is 3. The lowest BCUT2D eigenvalue weighted by Gasteiger charge is -2.33. The summed E-state index contributed by atoms with van der Waals surface area (Å²) in [6.07, 6.45) is 4.71. The highest BCUT2D eigenvalue weighted by atomic mass is 16.5. The lowest BCUT2D eigenvalue weighted by atomic mass is 10.0. The lowest BCUT2D eigenvalue weighted by Crippen LogP contribution is -2.44. The average Bonchev–Trinajstić information content (AvgIpc) is 2.89. The van der Waals surface area contributed by atoms with Gasteiger partial charge in [-0.3, -0.25) is 4.79 Å². The van der Waals surface area contributed by atoms with E-state index >= 15 is 0 Å². The number of pyridine rings is 1. The highest BCUT2D eigenvalue weighted by Gasteiger charge is 2.26. The third kappa shape index (κ3) is 4.71. The maximum absolute atomic E-state index is 12.1. The van der Waals surface area contributed by atoms with Crippen LogP contribution in [0.15, 0.2) is 55.4 Å². The number of hydrogen-bond acceptors (Lipinski definition) is 8. The second-order valence-corrected chi connectivity index (χ2v) is 8.65. The molecule has 9 heteroatoms. The number of carbonyl (C=O) groups excluding carboxylic acids is 1. The first-order chi connectivity index (χ1) is 16.6. The van der Waals surface area contributed by atoms with Crippen LogP contribution in [0.2, 0.25) is 0 Å². The van der Waals surface area contributed by atoms with E-state index in [1.165, 1.54) is 6.08 Å². The molecule has 4 heterocycles. The minimum atomic E-state index is -0.256. The van der Waals surface area contributed by atoms with Crippen molar-refractivity contribution in [3.63, 3.8) is 0 Å². The van der Waals surface area contributed by atoms with Crippen molar-refractivity contribution in [3.8, 4) is 0 Å². The van der Waals surface area contributed by atoms with E-state index in [4.69, 9.17) is 9.72 Å². The van der Waals surface area contributed by atoms with Crippen LogP contribution in [0.5, 0.6) is 0 Å². The summed E-state index contributed by atoms with van der Waals surface area (Å²) < 4.78 is 6.01. The Morgan fingerprint density at radius 3 is 2.74 bits per heavy atom. The molecule has 2 aromatic heterocycles. The Labute approximate surface area is 199 Å². The fourth-order valence-electron chi connectivity index (χ4n) is 4.38. The van der Waals surface area contributed by atoms with Crippen LogP contribution in [0.25, 0.3) is 10.9 Å². The van der Waals surface area contributed by atoms with Gasteiger partial charge in [0.05, 0.1) is 30.6 Å². The molecule has 5 rings (SSSR count). The molecule has 0 spiro atoms. The zero-order valence-electron chi connectivity index (χ0n) is 19.4. The first-order valence-electron chi connectivity index (χ1n) is 11.6. The third-order valence-electron chi connectivity index (χ3n) is 6.37. The highest BCUT2D eigenvalue weighted by Crippen LogP contribution is 2.29. The van der Waals surface area contributed by atoms with Crippen molar-refractivity contribution in [1.82, 2.24) is 24.8 Å². The number of fused-ring (bicyclic) bond motifs is 1. The molecular formula is C25H29N7O2. The fourth-order valence-corrected chi connectivity index (χ4v) is 4.38. The number of morpholine rings is 1. The van der Waals surface area contributed by atoms with Gasteiger partial charge in [-0.2, -0.15) is 0 Å². The molecule has 0 aliphatic carbocycles. The Balaban J connectivity index is 1.35. The van der Waals surface area contributed by atoms with Gasteiger partial charge in [0.25, 0.3) is 0 Å². The van der Waals surface area contributed by atoms with Gasteiger partial charge in [0, 0.05) is 49.9 Å². The first kappa shape index (κ1) is 22.2. The smallest absolute Gasteiger partial charge is 0.246 e. The van der Waals surface area contributed by atoms with Crippen molar-refractivity contribution in [2.24, 2.45) is 0 Å². The van der Waals surface area contributed by atoms with Crippen molar-refractivity contribution < 1.29 is 9.53 Å². The molecule has 0 saturated carbocycles. The predicted molar refractivity (Wildman–Crippen MR) is 132 cm³/mol. The number of nitrogens with zero attached hydrogens (tertiary/aromatic N) is 6. The number of benzene rings is 1. The number of piperazine rings is 1. The van der Waals surface area contributed by atoms with E-state index in [1.807, 2.05) is 36.5 Å². The maximum Gasteiger partial charge on any atom is 0.246 e. The summed E-state index contributed by atoms with van der Waals surface area (Å²) >= 11 is 0. The minimum Gasteiger partial charge on any atom is -0.370 e. The predicted octanol–water partition coefficient (Wildman–Crippen LogP) is 2.61. The van der Waals surface area contributed by atoms with Crippen molar-refractivity contribution in [2.45, 2.75) is 6.10 Å². The van der Waals surface area contributed by atoms with Crippen LogP contribution in [0.4, 0.5) is 17.5 Å². The summed E-state index contributed by atoms with van der Waals surface area (Å²) in [4.78, 5) is 32.4. The number of rotatable bonds is 5. The zero-order valence-corrected chi connectivity index (χ0v) is 19.4. The maximum atomic E-state index is 12.1. The number of ether oxygens (including phenoxy) is 1. The average molecular weight is 460 g/mol. The topological polar surface area (TPSA) is 86.7 Å². The molecule has 0 radical (unpaired) electrons. The van der Waals surface area contributed by atoms with Crippen LogP contribution in [0.3, 0.4) is 0 Å². The second-order valence-electron chi connectivity index (χ2n) is 8.65. The van der Waals surface area contributed by atoms with E-state index in [2.05, 4.69) is 38.7 Å². The molecule has 1 atom stereocenters. The van der Waals surface area contributed by atoms with E-state index in [1.54, 1.807) is 11.1 Å². The lowest BCUT2D eigenvalue weighted by molar-refractivity contribution is -0.133. The van der Waals surface area contributed by atoms with Crippen molar-refractivity contribution in [3.05, 3.63) is 60.9 Å². The molecule has 1 amide bonds. The van der Waals surface area contributed by atoms with Crippen LogP contribution >= 0.6 is 0 Å². The highest BCUT2D eigenvalue weighted by molar-refractivity contribution is 5.87. The molecule has 3 aromatic rings. The molecule has 1 aromatic carbocycles. The minimum absolute atomic E-state index is 0.0851. The van der Waals surface area contributed by atoms with Crippen molar-refractivity contribution in [1.29, 1.82) is 0 Å². The molecule has 1 unspecified atom stereocenters. The summed E-state index contributed by atoms with van der Waals surface area (Å²) in [6, 6.07) is 9.97. The van der Waals surface area contributed by atoms with Crippen LogP contribution in [-0.2, 0) is 9.53 Å². The molecule has 1 N–H and O–H groups in total. The molecule has 34 heavy (non-hydrogen) atoms. The Kier molecular flexibility index (Phi) is 6.37. The Bertz CT molecular complexity index is 1180. The van der Waals surface area contributed by atoms with E-state index in [-0.39, 0.29) is 12.0 Å². The van der Waals surface area contributed by atoms with Crippen LogP contribution in [0, 0.1) is 0 Å². The van der Waals surface area contributed by atoms with Gasteiger partial charge in [-0.25, -0.2) is 15.0 Å². The standard InChI is InChI=1S/C25H29N7O2/c1-3-23(33)32-13-14-34-21(17-32)20-6-4-5-18-15-27-25(29-24(18)20)28-19-7-8-22(26-16-19)31-11-9-30(2)10-12-31/h3-8,15-16,21H,1,9-14,17H2,2H3,(H,27,28,29). The van der Waals surface area contributed by atoms with E-state index < -0.39 is 0 Å². The van der Waals surface area contributed by atoms with Gasteiger partial charge < -0.3 is 24.8 Å². The Morgan fingerprint density at radius 1 is 1.12 bits per heavy atom. The summed E-state index contributed by atoms with van der Waals surface area (Å²) in [5.74, 6) is 1.38. The quantitative estimate of drug-likeness (QED) is 0.583. The third-order valence-corrected chi connectivity index (χ3v) is 6.37. The number of likely N-dealkylation sites (N-methyl/N-ethyl adjacent to an activating group) is 1. The van der Waals surface area contributed by atoms with E-state index in [9.17, 15) is 4.79 Å². The van der Waals surface area contributed by atoms with Gasteiger partial charge in [0.15, 0.2) is 0 Å². The van der Waals surface area contributed by atoms with Gasteiger partial charge >= 0.3 is 0 Å². The monoisotopic (exact) mass is 459 g/mol. The number of anilines is 3. The molecule has 9 nitrogen and oxygen atoms in total. The molecule has 0 bridgehead atoms. The second kappa shape index (κ2) is 9.74. The van der Waals surface area contributed by atoms with E-state index in [0.29, 0.717) is 25.6 Å². The van der Waals surface area contributed by atoms with Crippen LogP contribution in [0.1, 0.15) is 11.7 Å². The molecule has 176 valence electrons. The summed E-state index contributed by atoms with van der Waals surface area (Å²) in [7, 11) is 2.14.